The van der Waals surface area contributed by atoms with Crippen molar-refractivity contribution in [3.63, 3.8) is 0 Å². The lowest BCUT2D eigenvalue weighted by atomic mass is 10.1. The van der Waals surface area contributed by atoms with Crippen molar-refractivity contribution in [3.8, 4) is 11.1 Å². The zero-order chi connectivity index (χ0) is 11.9. The Morgan fingerprint density at radius 3 is 2.44 bits per heavy atom. The highest BCUT2D eigenvalue weighted by Gasteiger charge is 2.13. The largest absolute Gasteiger partial charge is 0.396 e. The molecule has 0 saturated heterocycles. The summed E-state index contributed by atoms with van der Waals surface area (Å²) >= 11 is 0. The van der Waals surface area contributed by atoms with Crippen molar-refractivity contribution in [1.82, 2.24) is 9.78 Å². The topological polar surface area (TPSA) is 43.8 Å². The highest BCUT2D eigenvalue weighted by molar-refractivity contribution is 5.68. The van der Waals surface area contributed by atoms with Gasteiger partial charge < -0.3 is 5.73 Å². The molecule has 0 amide bonds. The van der Waals surface area contributed by atoms with E-state index in [0.29, 0.717) is 11.3 Å². The van der Waals surface area contributed by atoms with Crippen molar-refractivity contribution in [3.05, 3.63) is 35.7 Å². The van der Waals surface area contributed by atoms with E-state index in [1.165, 1.54) is 0 Å². The van der Waals surface area contributed by atoms with Crippen molar-refractivity contribution in [2.24, 2.45) is 7.05 Å². The highest BCUT2D eigenvalue weighted by Crippen LogP contribution is 2.28. The van der Waals surface area contributed by atoms with Gasteiger partial charge in [0.25, 0.3) is 0 Å². The van der Waals surface area contributed by atoms with E-state index in [-0.39, 0.29) is 11.3 Å². The molecule has 5 heteroatoms. The van der Waals surface area contributed by atoms with Crippen LogP contribution in [-0.4, -0.2) is 9.78 Å². The lowest BCUT2D eigenvalue weighted by Crippen LogP contribution is -1.94. The molecule has 3 nitrogen and oxygen atoms in total. The van der Waals surface area contributed by atoms with Crippen LogP contribution in [0.25, 0.3) is 11.1 Å². The van der Waals surface area contributed by atoms with Crippen LogP contribution in [0.3, 0.4) is 0 Å². The van der Waals surface area contributed by atoms with Crippen molar-refractivity contribution in [2.45, 2.75) is 6.92 Å². The Hall–Kier alpha value is -1.91. The van der Waals surface area contributed by atoms with Gasteiger partial charge in [0, 0.05) is 30.4 Å². The number of nitrogens with zero attached hydrogens (tertiary/aromatic N) is 2. The number of nitrogens with two attached hydrogens (primary N) is 1. The third kappa shape index (κ3) is 1.64. The molecule has 1 aromatic carbocycles. The zero-order valence-corrected chi connectivity index (χ0v) is 8.96. The number of nitrogen functional groups attached to an aromatic ring is 1. The van der Waals surface area contributed by atoms with E-state index in [0.717, 1.165) is 12.1 Å². The standard InChI is InChI=1S/C11H11F2N3/c1-6-8(5-16(2)15-6)7-3-10(13)11(14)4-9(7)12/h3-5H,14H2,1-2H3. The van der Waals surface area contributed by atoms with Gasteiger partial charge in [0.2, 0.25) is 0 Å². The molecule has 0 radical (unpaired) electrons. The maximum atomic E-state index is 13.6. The Balaban J connectivity index is 2.64. The lowest BCUT2D eigenvalue weighted by Gasteiger charge is -2.04. The Morgan fingerprint density at radius 1 is 1.19 bits per heavy atom. The molecule has 0 fully saturated rings. The number of hydrogen-bond acceptors (Lipinski definition) is 2. The van der Waals surface area contributed by atoms with Crippen molar-refractivity contribution in [1.29, 1.82) is 0 Å². The van der Waals surface area contributed by atoms with Gasteiger partial charge in [-0.2, -0.15) is 5.10 Å². The molecule has 0 aliphatic rings. The molecule has 0 bridgehead atoms. The van der Waals surface area contributed by atoms with Gasteiger partial charge in [0.05, 0.1) is 11.4 Å². The molecule has 2 rings (SSSR count). The molecule has 84 valence electrons. The fourth-order valence-electron chi connectivity index (χ4n) is 1.63. The zero-order valence-electron chi connectivity index (χ0n) is 8.96. The Labute approximate surface area is 91.5 Å². The van der Waals surface area contributed by atoms with Crippen LogP contribution in [0, 0.1) is 18.6 Å². The lowest BCUT2D eigenvalue weighted by molar-refractivity contribution is 0.607. The normalized spacial score (nSPS) is 10.8. The summed E-state index contributed by atoms with van der Waals surface area (Å²) in [6, 6.07) is 2.08. The van der Waals surface area contributed by atoms with Crippen LogP contribution in [0.2, 0.25) is 0 Å². The molecule has 0 atom stereocenters. The Bertz CT molecular complexity index is 546. The van der Waals surface area contributed by atoms with E-state index in [2.05, 4.69) is 5.10 Å². The van der Waals surface area contributed by atoms with Gasteiger partial charge in [-0.1, -0.05) is 0 Å². The van der Waals surface area contributed by atoms with Gasteiger partial charge in [-0.3, -0.25) is 4.68 Å². The number of anilines is 1. The van der Waals surface area contributed by atoms with Gasteiger partial charge in [0.1, 0.15) is 11.6 Å². The van der Waals surface area contributed by atoms with E-state index < -0.39 is 11.6 Å². The molecule has 0 aliphatic carbocycles. The van der Waals surface area contributed by atoms with Crippen LogP contribution < -0.4 is 5.73 Å². The van der Waals surface area contributed by atoms with Crippen LogP contribution in [0.1, 0.15) is 5.69 Å². The van der Waals surface area contributed by atoms with Crippen molar-refractivity contribution >= 4 is 5.69 Å². The predicted octanol–water partition coefficient (Wildman–Crippen LogP) is 2.26. The first-order chi connectivity index (χ1) is 7.49. The van der Waals surface area contributed by atoms with Gasteiger partial charge in [-0.05, 0) is 13.0 Å². The molecule has 0 saturated carbocycles. The molecular formula is C11H11F2N3. The first kappa shape index (κ1) is 10.6. The maximum Gasteiger partial charge on any atom is 0.146 e. The first-order valence-corrected chi connectivity index (χ1v) is 4.74. The molecule has 0 aliphatic heterocycles. The van der Waals surface area contributed by atoms with Crippen LogP contribution in [0.5, 0.6) is 0 Å². The second-order valence-corrected chi connectivity index (χ2v) is 3.66. The molecule has 0 unspecified atom stereocenters. The number of aromatic nitrogens is 2. The average molecular weight is 223 g/mol. The third-order valence-corrected chi connectivity index (χ3v) is 2.39. The van der Waals surface area contributed by atoms with Crippen LogP contribution in [-0.2, 0) is 7.05 Å². The highest BCUT2D eigenvalue weighted by atomic mass is 19.1. The minimum absolute atomic E-state index is 0.178. The second kappa shape index (κ2) is 3.59. The minimum atomic E-state index is -0.625. The van der Waals surface area contributed by atoms with Gasteiger partial charge in [-0.25, -0.2) is 8.78 Å². The minimum Gasteiger partial charge on any atom is -0.396 e. The van der Waals surface area contributed by atoms with Gasteiger partial charge >= 0.3 is 0 Å². The van der Waals surface area contributed by atoms with Crippen LogP contribution in [0.15, 0.2) is 18.3 Å². The van der Waals surface area contributed by atoms with Crippen LogP contribution >= 0.6 is 0 Å². The first-order valence-electron chi connectivity index (χ1n) is 4.74. The van der Waals surface area contributed by atoms with Crippen molar-refractivity contribution < 1.29 is 8.78 Å². The summed E-state index contributed by atoms with van der Waals surface area (Å²) in [5.41, 5.74) is 6.47. The molecule has 1 aromatic heterocycles. The number of halogens is 2. The summed E-state index contributed by atoms with van der Waals surface area (Å²) < 4.78 is 28.4. The van der Waals surface area contributed by atoms with E-state index in [9.17, 15) is 8.78 Å². The molecule has 2 N–H and O–H groups in total. The number of hydrogen-bond donors (Lipinski definition) is 1. The van der Waals surface area contributed by atoms with Gasteiger partial charge in [0.15, 0.2) is 0 Å². The van der Waals surface area contributed by atoms with Crippen molar-refractivity contribution in [2.75, 3.05) is 5.73 Å². The fraction of sp³-hybridized carbons (Fsp3) is 0.182. The number of aryl methyl sites for hydroxylation is 2. The number of rotatable bonds is 1. The SMILES string of the molecule is Cc1nn(C)cc1-c1cc(F)c(N)cc1F. The predicted molar refractivity (Wildman–Crippen MR) is 57.7 cm³/mol. The Morgan fingerprint density at radius 2 is 1.88 bits per heavy atom. The smallest absolute Gasteiger partial charge is 0.146 e. The monoisotopic (exact) mass is 223 g/mol. The molecule has 2 aromatic rings. The Kier molecular flexibility index (Phi) is 2.38. The summed E-state index contributed by atoms with van der Waals surface area (Å²) in [6.45, 7) is 1.74. The quantitative estimate of drug-likeness (QED) is 0.753. The maximum absolute atomic E-state index is 13.6. The van der Waals surface area contributed by atoms with E-state index in [4.69, 9.17) is 5.73 Å². The summed E-state index contributed by atoms with van der Waals surface area (Å²) in [7, 11) is 1.72. The molecule has 16 heavy (non-hydrogen) atoms. The second-order valence-electron chi connectivity index (χ2n) is 3.66. The van der Waals surface area contributed by atoms with E-state index in [1.807, 2.05) is 0 Å². The summed E-state index contributed by atoms with van der Waals surface area (Å²) in [4.78, 5) is 0. The average Bonchev–Trinajstić information content (AvgIpc) is 2.51. The summed E-state index contributed by atoms with van der Waals surface area (Å²) in [5.74, 6) is -1.17. The van der Waals surface area contributed by atoms with E-state index >= 15 is 0 Å². The van der Waals surface area contributed by atoms with Crippen LogP contribution in [0.4, 0.5) is 14.5 Å². The summed E-state index contributed by atoms with van der Waals surface area (Å²) in [6.07, 6.45) is 1.64. The summed E-state index contributed by atoms with van der Waals surface area (Å²) in [5, 5.41) is 4.08. The third-order valence-electron chi connectivity index (χ3n) is 2.39. The van der Waals surface area contributed by atoms with E-state index in [1.54, 1.807) is 24.9 Å². The molecule has 1 heterocycles. The number of benzene rings is 1. The fourth-order valence-corrected chi connectivity index (χ4v) is 1.63. The molecular weight excluding hydrogens is 212 g/mol. The van der Waals surface area contributed by atoms with Gasteiger partial charge in [-0.15, -0.1) is 0 Å². The molecule has 0 spiro atoms.